The summed E-state index contributed by atoms with van der Waals surface area (Å²) in [5, 5.41) is 0. The molecule has 3 aromatic carbocycles. The molecule has 0 bridgehead atoms. The van der Waals surface area contributed by atoms with E-state index in [9.17, 15) is 4.21 Å². The van der Waals surface area contributed by atoms with Gasteiger partial charge in [0.1, 0.15) is 6.10 Å². The Labute approximate surface area is 193 Å². The predicted octanol–water partition coefficient (Wildman–Crippen LogP) is 5.28. The summed E-state index contributed by atoms with van der Waals surface area (Å²) in [6.45, 7) is 2.17. The smallest absolute Gasteiger partial charge is 0.190 e. The van der Waals surface area contributed by atoms with Crippen LogP contribution in [0.2, 0.25) is 0 Å². The normalized spacial score (nSPS) is 16.6. The number of benzene rings is 3. The lowest BCUT2D eigenvalue weighted by Gasteiger charge is -2.30. The molecular formula is C27H30N2O2S. The van der Waals surface area contributed by atoms with Gasteiger partial charge in [0.15, 0.2) is 11.1 Å². The van der Waals surface area contributed by atoms with Gasteiger partial charge in [-0.15, -0.1) is 0 Å². The zero-order valence-electron chi connectivity index (χ0n) is 18.8. The minimum absolute atomic E-state index is 0.383. The molecule has 5 rings (SSSR count). The van der Waals surface area contributed by atoms with Crippen molar-refractivity contribution in [3.8, 4) is 0 Å². The van der Waals surface area contributed by atoms with Gasteiger partial charge < -0.3 is 9.80 Å². The highest BCUT2D eigenvalue weighted by molar-refractivity contribution is 7.80. The van der Waals surface area contributed by atoms with Crippen molar-refractivity contribution in [1.29, 1.82) is 0 Å². The minimum atomic E-state index is -1.55. The second kappa shape index (κ2) is 9.08. The second-order valence-corrected chi connectivity index (χ2v) is 9.98. The van der Waals surface area contributed by atoms with Crippen LogP contribution in [0.4, 0.5) is 11.4 Å². The fraction of sp³-hybridized carbons (Fsp3) is 0.333. The van der Waals surface area contributed by atoms with E-state index in [1.54, 1.807) is 0 Å². The van der Waals surface area contributed by atoms with Crippen LogP contribution in [0.5, 0.6) is 0 Å². The molecule has 32 heavy (non-hydrogen) atoms. The molecule has 0 N–H and O–H groups in total. The fourth-order valence-electron chi connectivity index (χ4n) is 4.91. The maximum atomic E-state index is 13.2. The topological polar surface area (TPSA) is 32.8 Å². The van der Waals surface area contributed by atoms with Crippen molar-refractivity contribution in [2.45, 2.75) is 36.7 Å². The van der Waals surface area contributed by atoms with Crippen LogP contribution < -0.4 is 9.80 Å². The van der Waals surface area contributed by atoms with Crippen LogP contribution in [0.1, 0.15) is 41.2 Å². The summed E-state index contributed by atoms with van der Waals surface area (Å²) in [5.74, 6) is 0. The summed E-state index contributed by atoms with van der Waals surface area (Å²) in [4.78, 5) is 5.32. The number of hydrogen-bond donors (Lipinski definition) is 0. The Kier molecular flexibility index (Phi) is 6.03. The van der Waals surface area contributed by atoms with E-state index in [0.29, 0.717) is 4.90 Å². The van der Waals surface area contributed by atoms with Crippen LogP contribution in [0.25, 0.3) is 0 Å². The van der Waals surface area contributed by atoms with Crippen molar-refractivity contribution < 1.29 is 8.39 Å². The fourth-order valence-corrected chi connectivity index (χ4v) is 5.80. The summed E-state index contributed by atoms with van der Waals surface area (Å²) in [7, 11) is 4.30. The number of rotatable bonds is 5. The monoisotopic (exact) mass is 446 g/mol. The van der Waals surface area contributed by atoms with Gasteiger partial charge in [0.05, 0.1) is 4.90 Å². The molecule has 2 aliphatic rings. The number of hydrogen-bond acceptors (Lipinski definition) is 4. The summed E-state index contributed by atoms with van der Waals surface area (Å²) >= 11 is -1.55. The third-order valence-electron chi connectivity index (χ3n) is 6.63. The Morgan fingerprint density at radius 1 is 0.781 bits per heavy atom. The predicted molar refractivity (Wildman–Crippen MR) is 132 cm³/mol. The van der Waals surface area contributed by atoms with E-state index in [1.165, 1.54) is 22.5 Å². The van der Waals surface area contributed by atoms with E-state index in [1.807, 2.05) is 30.3 Å². The number of aryl methyl sites for hydroxylation is 2. The summed E-state index contributed by atoms with van der Waals surface area (Å²) in [6, 6.07) is 22.6. The summed E-state index contributed by atoms with van der Waals surface area (Å²) < 4.78 is 19.4. The first kappa shape index (κ1) is 21.2. The minimum Gasteiger partial charge on any atom is -0.374 e. The third-order valence-corrected chi connectivity index (χ3v) is 7.66. The van der Waals surface area contributed by atoms with Gasteiger partial charge in [-0.1, -0.05) is 42.5 Å². The molecule has 166 valence electrons. The van der Waals surface area contributed by atoms with Crippen LogP contribution in [-0.2, 0) is 28.1 Å². The second-order valence-electron chi connectivity index (χ2n) is 8.85. The third kappa shape index (κ3) is 4.19. The first-order chi connectivity index (χ1) is 15.6. The molecule has 0 saturated heterocycles. The highest BCUT2D eigenvalue weighted by Gasteiger charge is 2.24. The molecule has 5 heteroatoms. The summed E-state index contributed by atoms with van der Waals surface area (Å²) in [5.41, 5.74) is 7.38. The highest BCUT2D eigenvalue weighted by Crippen LogP contribution is 2.36. The van der Waals surface area contributed by atoms with E-state index >= 15 is 0 Å². The van der Waals surface area contributed by atoms with Crippen LogP contribution in [-0.4, -0.2) is 31.4 Å². The molecule has 1 atom stereocenters. The molecule has 3 aromatic rings. The molecule has 2 aliphatic heterocycles. The van der Waals surface area contributed by atoms with E-state index in [-0.39, 0.29) is 6.10 Å². The molecule has 0 aromatic heterocycles. The first-order valence-electron chi connectivity index (χ1n) is 11.4. The van der Waals surface area contributed by atoms with E-state index in [0.717, 1.165) is 49.9 Å². The Morgan fingerprint density at radius 2 is 1.31 bits per heavy atom. The van der Waals surface area contributed by atoms with Crippen molar-refractivity contribution in [1.82, 2.24) is 0 Å². The molecule has 2 heterocycles. The van der Waals surface area contributed by atoms with E-state index < -0.39 is 11.1 Å². The van der Waals surface area contributed by atoms with Gasteiger partial charge in [-0.25, -0.2) is 4.21 Å². The lowest BCUT2D eigenvalue weighted by molar-refractivity contribution is 0.275. The largest absolute Gasteiger partial charge is 0.374 e. The Bertz CT molecular complexity index is 1070. The molecular weight excluding hydrogens is 416 g/mol. The van der Waals surface area contributed by atoms with E-state index in [4.69, 9.17) is 4.18 Å². The number of anilines is 2. The maximum Gasteiger partial charge on any atom is 0.190 e. The standard InChI is InChI=1S/C27H30N2O2S/c1-28-16-6-8-20-18-22(12-14-25(20)28)27(31-32(30)24-10-4-3-5-11-24)23-13-15-26-21(19-23)9-7-17-29(26)2/h3-5,10-15,18-19,27H,6-9,16-17H2,1-2H3. The van der Waals surface area contributed by atoms with Gasteiger partial charge in [-0.2, -0.15) is 0 Å². The van der Waals surface area contributed by atoms with Crippen LogP contribution in [0.3, 0.4) is 0 Å². The van der Waals surface area contributed by atoms with Crippen LogP contribution in [0, 0.1) is 0 Å². The number of fused-ring (bicyclic) bond motifs is 2. The van der Waals surface area contributed by atoms with Crippen LogP contribution >= 0.6 is 0 Å². The van der Waals surface area contributed by atoms with Crippen molar-refractivity contribution in [3.05, 3.63) is 89.0 Å². The summed E-state index contributed by atoms with van der Waals surface area (Å²) in [6.07, 6.45) is 4.05. The SMILES string of the molecule is CN1CCCc2cc(C(OS(=O)c3ccccc3)c3ccc4c(c3)CCCN4C)ccc21. The Balaban J connectivity index is 1.54. The molecule has 0 aliphatic carbocycles. The van der Waals surface area contributed by atoms with Gasteiger partial charge in [0.2, 0.25) is 0 Å². The van der Waals surface area contributed by atoms with Crippen molar-refractivity contribution in [2.75, 3.05) is 37.0 Å². The maximum absolute atomic E-state index is 13.2. The Morgan fingerprint density at radius 3 is 1.84 bits per heavy atom. The first-order valence-corrected chi connectivity index (χ1v) is 12.5. The van der Waals surface area contributed by atoms with E-state index in [2.05, 4.69) is 60.3 Å². The highest BCUT2D eigenvalue weighted by atomic mass is 32.2. The van der Waals surface area contributed by atoms with Gasteiger partial charge in [0.25, 0.3) is 0 Å². The molecule has 0 saturated carbocycles. The van der Waals surface area contributed by atoms with Gasteiger partial charge in [-0.3, -0.25) is 4.18 Å². The van der Waals surface area contributed by atoms with Crippen molar-refractivity contribution in [2.24, 2.45) is 0 Å². The average molecular weight is 447 g/mol. The zero-order chi connectivity index (χ0) is 22.1. The van der Waals surface area contributed by atoms with Crippen LogP contribution in [0.15, 0.2) is 71.6 Å². The van der Waals surface area contributed by atoms with Gasteiger partial charge >= 0.3 is 0 Å². The quantitative estimate of drug-likeness (QED) is 0.534. The molecule has 0 spiro atoms. The molecule has 0 fully saturated rings. The van der Waals surface area contributed by atoms with Gasteiger partial charge in [0, 0.05) is 38.6 Å². The van der Waals surface area contributed by atoms with Crippen molar-refractivity contribution >= 4 is 22.5 Å². The molecule has 4 nitrogen and oxygen atoms in total. The Hall–Kier alpha value is -2.63. The molecule has 1 unspecified atom stereocenters. The molecule has 0 radical (unpaired) electrons. The average Bonchev–Trinajstić information content (AvgIpc) is 2.83. The lowest BCUT2D eigenvalue weighted by Crippen LogP contribution is -2.25. The number of nitrogens with zero attached hydrogens (tertiary/aromatic N) is 2. The lowest BCUT2D eigenvalue weighted by atomic mass is 9.92. The van der Waals surface area contributed by atoms with Gasteiger partial charge in [-0.05, 0) is 72.2 Å². The van der Waals surface area contributed by atoms with Crippen molar-refractivity contribution in [3.63, 3.8) is 0 Å². The molecule has 0 amide bonds. The zero-order valence-corrected chi connectivity index (χ0v) is 19.6.